The average molecular weight is 552 g/mol. The Morgan fingerprint density at radius 1 is 1.25 bits per heavy atom. The van der Waals surface area contributed by atoms with Crippen molar-refractivity contribution in [3.8, 4) is 11.8 Å². The molecule has 0 spiro atoms. The van der Waals surface area contributed by atoms with Crippen LogP contribution in [0.3, 0.4) is 0 Å². The molecule has 2 saturated carbocycles. The molecule has 2 unspecified atom stereocenters. The quantitative estimate of drug-likeness (QED) is 0.452. The molecule has 1 aromatic rings. The second-order valence-electron chi connectivity index (χ2n) is 12.2. The van der Waals surface area contributed by atoms with E-state index in [0.29, 0.717) is 63.4 Å². The molecule has 3 amide bonds. The van der Waals surface area contributed by atoms with E-state index < -0.39 is 11.0 Å². The van der Waals surface area contributed by atoms with Crippen LogP contribution in [-0.2, 0) is 19.1 Å². The number of nitrogens with one attached hydrogen (secondary N) is 2. The van der Waals surface area contributed by atoms with Crippen LogP contribution in [0.5, 0.6) is 5.75 Å². The molecule has 216 valence electrons. The minimum Gasteiger partial charge on any atom is -0.476 e. The molecule has 0 bridgehead atoms. The van der Waals surface area contributed by atoms with Gasteiger partial charge < -0.3 is 29.9 Å². The number of amides is 3. The fraction of sp³-hybridized carbons (Fsp3) is 0.667. The van der Waals surface area contributed by atoms with Crippen LogP contribution < -0.4 is 25.2 Å². The number of anilines is 2. The SMILES string of the molecule is COCCCN1C(=O)C(C)(C)Oc2ccc(N(C(=O)C3CNCC(NC(=O)C4(C#N)CCCC4)C3)C3CC3)cc21. The second-order valence-corrected chi connectivity index (χ2v) is 12.2. The number of benzene rings is 1. The molecule has 40 heavy (non-hydrogen) atoms. The van der Waals surface area contributed by atoms with Gasteiger partial charge in [-0.1, -0.05) is 12.8 Å². The standard InChI is InChI=1S/C30H41N5O5/c1-29(2)28(38)34(13-6-14-39-3)24-16-23(9-10-25(24)40-29)35(22-7-8-22)26(36)20-15-21(18-32-17-20)33-27(37)30(19-31)11-4-5-12-30/h9-10,16,20-22,32H,4-8,11-15,17-18H2,1-3H3,(H,33,37). The number of nitriles is 1. The molecular weight excluding hydrogens is 510 g/mol. The van der Waals surface area contributed by atoms with Crippen molar-refractivity contribution < 1.29 is 23.9 Å². The summed E-state index contributed by atoms with van der Waals surface area (Å²) in [7, 11) is 1.64. The first kappa shape index (κ1) is 28.4. The third-order valence-electron chi connectivity index (χ3n) is 8.66. The number of fused-ring (bicyclic) bond motifs is 1. The van der Waals surface area contributed by atoms with Gasteiger partial charge in [0.15, 0.2) is 5.60 Å². The van der Waals surface area contributed by atoms with Crippen molar-refractivity contribution in [2.75, 3.05) is 43.2 Å². The number of hydrogen-bond acceptors (Lipinski definition) is 7. The highest BCUT2D eigenvalue weighted by Gasteiger charge is 2.45. The molecule has 2 N–H and O–H groups in total. The van der Waals surface area contributed by atoms with Crippen LogP contribution in [0.2, 0.25) is 0 Å². The molecule has 2 heterocycles. The minimum absolute atomic E-state index is 0.0130. The lowest BCUT2D eigenvalue weighted by Crippen LogP contribution is -2.55. The normalized spacial score (nSPS) is 24.9. The Morgan fingerprint density at radius 2 is 2.00 bits per heavy atom. The summed E-state index contributed by atoms with van der Waals surface area (Å²) in [5, 5.41) is 16.1. The first-order chi connectivity index (χ1) is 19.2. The zero-order chi connectivity index (χ0) is 28.5. The Kier molecular flexibility index (Phi) is 8.07. The molecule has 10 heteroatoms. The lowest BCUT2D eigenvalue weighted by molar-refractivity contribution is -0.132. The number of methoxy groups -OCH3 is 1. The number of ether oxygens (including phenoxy) is 2. The van der Waals surface area contributed by atoms with Crippen molar-refractivity contribution in [3.05, 3.63) is 18.2 Å². The van der Waals surface area contributed by atoms with Crippen molar-refractivity contribution in [2.45, 2.75) is 82.9 Å². The third-order valence-corrected chi connectivity index (χ3v) is 8.66. The molecule has 5 rings (SSSR count). The van der Waals surface area contributed by atoms with Gasteiger partial charge in [-0.05, 0) is 70.6 Å². The topological polar surface area (TPSA) is 124 Å². The van der Waals surface area contributed by atoms with Gasteiger partial charge in [0.1, 0.15) is 11.2 Å². The van der Waals surface area contributed by atoms with E-state index in [1.807, 2.05) is 23.1 Å². The second kappa shape index (κ2) is 11.4. The van der Waals surface area contributed by atoms with Crippen LogP contribution in [0.15, 0.2) is 18.2 Å². The number of hydrogen-bond donors (Lipinski definition) is 2. The van der Waals surface area contributed by atoms with E-state index in [9.17, 15) is 19.6 Å². The highest BCUT2D eigenvalue weighted by molar-refractivity contribution is 6.04. The van der Waals surface area contributed by atoms with E-state index in [1.165, 1.54) is 0 Å². The fourth-order valence-corrected chi connectivity index (χ4v) is 6.27. The molecule has 3 fully saturated rings. The summed E-state index contributed by atoms with van der Waals surface area (Å²) < 4.78 is 11.3. The van der Waals surface area contributed by atoms with Gasteiger partial charge in [0.25, 0.3) is 5.91 Å². The highest BCUT2D eigenvalue weighted by Crippen LogP contribution is 2.43. The number of carbonyl (C=O) groups is 3. The fourth-order valence-electron chi connectivity index (χ4n) is 6.27. The van der Waals surface area contributed by atoms with E-state index in [4.69, 9.17) is 9.47 Å². The zero-order valence-electron chi connectivity index (χ0n) is 23.8. The minimum atomic E-state index is -0.983. The van der Waals surface area contributed by atoms with Gasteiger partial charge in [-0.15, -0.1) is 0 Å². The van der Waals surface area contributed by atoms with Crippen molar-refractivity contribution in [2.24, 2.45) is 11.3 Å². The van der Waals surface area contributed by atoms with Gasteiger partial charge >= 0.3 is 0 Å². The molecule has 4 aliphatic rings. The van der Waals surface area contributed by atoms with Crippen LogP contribution in [0, 0.1) is 22.7 Å². The van der Waals surface area contributed by atoms with Gasteiger partial charge in [-0.2, -0.15) is 5.26 Å². The summed E-state index contributed by atoms with van der Waals surface area (Å²) in [5.74, 6) is -0.00675. The molecule has 0 radical (unpaired) electrons. The first-order valence-electron chi connectivity index (χ1n) is 14.6. The Hall–Kier alpha value is -3.16. The molecule has 10 nitrogen and oxygen atoms in total. The summed E-state index contributed by atoms with van der Waals surface area (Å²) in [6, 6.07) is 7.82. The van der Waals surface area contributed by atoms with Crippen LogP contribution >= 0.6 is 0 Å². The molecule has 2 aliphatic heterocycles. The predicted molar refractivity (Wildman–Crippen MR) is 150 cm³/mol. The first-order valence-corrected chi connectivity index (χ1v) is 14.6. The Balaban J connectivity index is 1.34. The van der Waals surface area contributed by atoms with Crippen molar-refractivity contribution in [1.82, 2.24) is 10.6 Å². The van der Waals surface area contributed by atoms with Crippen molar-refractivity contribution in [1.29, 1.82) is 5.26 Å². The van der Waals surface area contributed by atoms with E-state index in [2.05, 4.69) is 16.7 Å². The Morgan fingerprint density at radius 3 is 2.67 bits per heavy atom. The highest BCUT2D eigenvalue weighted by atomic mass is 16.5. The van der Waals surface area contributed by atoms with Crippen LogP contribution in [0.4, 0.5) is 11.4 Å². The smallest absolute Gasteiger partial charge is 0.270 e. The molecular formula is C30H41N5O5. The molecule has 0 aromatic heterocycles. The summed E-state index contributed by atoms with van der Waals surface area (Å²) in [4.78, 5) is 44.0. The number of piperidine rings is 1. The van der Waals surface area contributed by atoms with Gasteiger partial charge in [0.05, 0.1) is 17.7 Å². The summed E-state index contributed by atoms with van der Waals surface area (Å²) in [6.07, 6.45) is 6.02. The molecule has 2 atom stereocenters. The van der Waals surface area contributed by atoms with Crippen LogP contribution in [0.1, 0.15) is 65.2 Å². The van der Waals surface area contributed by atoms with Crippen molar-refractivity contribution in [3.63, 3.8) is 0 Å². The molecule has 2 aliphatic carbocycles. The zero-order valence-corrected chi connectivity index (χ0v) is 23.8. The monoisotopic (exact) mass is 551 g/mol. The van der Waals surface area contributed by atoms with Gasteiger partial charge in [-0.25, -0.2) is 0 Å². The van der Waals surface area contributed by atoms with E-state index in [1.54, 1.807) is 25.9 Å². The maximum atomic E-state index is 14.0. The van der Waals surface area contributed by atoms with Crippen LogP contribution in [0.25, 0.3) is 0 Å². The number of rotatable bonds is 9. The predicted octanol–water partition coefficient (Wildman–Crippen LogP) is 2.90. The van der Waals surface area contributed by atoms with E-state index >= 15 is 0 Å². The lowest BCUT2D eigenvalue weighted by atomic mass is 9.86. The van der Waals surface area contributed by atoms with Gasteiger partial charge in [0, 0.05) is 51.1 Å². The Bertz CT molecular complexity index is 1180. The van der Waals surface area contributed by atoms with Crippen molar-refractivity contribution >= 4 is 29.1 Å². The number of nitrogens with zero attached hydrogens (tertiary/aromatic N) is 3. The average Bonchev–Trinajstić information content (AvgIpc) is 3.65. The third kappa shape index (κ3) is 5.54. The lowest BCUT2D eigenvalue weighted by Gasteiger charge is -2.40. The van der Waals surface area contributed by atoms with Crippen LogP contribution in [-0.4, -0.2) is 68.8 Å². The van der Waals surface area contributed by atoms with E-state index in [0.717, 1.165) is 31.4 Å². The molecule has 1 saturated heterocycles. The maximum absolute atomic E-state index is 14.0. The van der Waals surface area contributed by atoms with Gasteiger partial charge in [0.2, 0.25) is 11.8 Å². The van der Waals surface area contributed by atoms with E-state index in [-0.39, 0.29) is 35.7 Å². The maximum Gasteiger partial charge on any atom is 0.270 e. The molecule has 1 aromatic carbocycles. The largest absolute Gasteiger partial charge is 0.476 e. The Labute approximate surface area is 236 Å². The summed E-state index contributed by atoms with van der Waals surface area (Å²) in [5.41, 5.74) is -0.506. The summed E-state index contributed by atoms with van der Waals surface area (Å²) in [6.45, 7) is 5.67. The summed E-state index contributed by atoms with van der Waals surface area (Å²) >= 11 is 0. The van der Waals surface area contributed by atoms with Gasteiger partial charge in [-0.3, -0.25) is 14.4 Å². The number of carbonyl (C=O) groups excluding carboxylic acids is 3.